The monoisotopic (exact) mass is 204 g/mol. The van der Waals surface area contributed by atoms with Gasteiger partial charge in [-0.3, -0.25) is 0 Å². The normalized spacial score (nSPS) is 16.7. The van der Waals surface area contributed by atoms with E-state index >= 15 is 0 Å². The highest BCUT2D eigenvalue weighted by Gasteiger charge is 2.20. The summed E-state index contributed by atoms with van der Waals surface area (Å²) in [5.74, 6) is 1.14. The average Bonchev–Trinajstić information content (AvgIpc) is 3.10. The summed E-state index contributed by atoms with van der Waals surface area (Å²) in [6, 6.07) is 7.90. The first kappa shape index (κ1) is 10.0. The van der Waals surface area contributed by atoms with Gasteiger partial charge in [0.2, 0.25) is 0 Å². The van der Waals surface area contributed by atoms with Crippen molar-refractivity contribution in [2.75, 3.05) is 0 Å². The zero-order valence-corrected chi connectivity index (χ0v) is 8.69. The molecule has 1 saturated carbocycles. The summed E-state index contributed by atoms with van der Waals surface area (Å²) in [5.41, 5.74) is 7.58. The van der Waals surface area contributed by atoms with Crippen molar-refractivity contribution in [3.05, 3.63) is 35.4 Å². The van der Waals surface area contributed by atoms with Gasteiger partial charge in [0.25, 0.3) is 0 Å². The van der Waals surface area contributed by atoms with Crippen LogP contribution in [0.4, 0.5) is 0 Å². The number of amidine groups is 1. The molecule has 0 spiro atoms. The van der Waals surface area contributed by atoms with E-state index in [-0.39, 0.29) is 5.84 Å². The summed E-state index contributed by atoms with van der Waals surface area (Å²) in [6.07, 6.45) is 5.24. The van der Waals surface area contributed by atoms with E-state index in [9.17, 15) is 0 Å². The van der Waals surface area contributed by atoms with E-state index in [0.29, 0.717) is 0 Å². The molecule has 0 atom stereocenters. The Morgan fingerprint density at radius 1 is 1.33 bits per heavy atom. The molecule has 15 heavy (non-hydrogen) atoms. The maximum absolute atomic E-state index is 8.50. The highest BCUT2D eigenvalue weighted by atomic mass is 16.4. The molecule has 1 aliphatic rings. The van der Waals surface area contributed by atoms with Gasteiger partial charge in [-0.25, -0.2) is 0 Å². The van der Waals surface area contributed by atoms with Crippen LogP contribution in [0.25, 0.3) is 0 Å². The Hall–Kier alpha value is -1.51. The second kappa shape index (κ2) is 4.34. The van der Waals surface area contributed by atoms with Gasteiger partial charge in [0.1, 0.15) is 0 Å². The van der Waals surface area contributed by atoms with Gasteiger partial charge in [-0.05, 0) is 24.3 Å². The second-order valence-corrected chi connectivity index (χ2v) is 4.16. The summed E-state index contributed by atoms with van der Waals surface area (Å²) in [7, 11) is 0. The maximum atomic E-state index is 8.50. The Bertz CT molecular complexity index is 352. The minimum absolute atomic E-state index is 0.170. The van der Waals surface area contributed by atoms with Gasteiger partial charge in [-0.1, -0.05) is 42.3 Å². The molecule has 80 valence electrons. The Labute approximate surface area is 89.6 Å². The number of nitrogens with two attached hydrogens (primary N) is 1. The van der Waals surface area contributed by atoms with Crippen LogP contribution in [0.15, 0.2) is 29.4 Å². The lowest BCUT2D eigenvalue weighted by molar-refractivity contribution is 0.318. The third kappa shape index (κ3) is 2.72. The average molecular weight is 204 g/mol. The smallest absolute Gasteiger partial charge is 0.170 e. The van der Waals surface area contributed by atoms with Crippen LogP contribution in [0.5, 0.6) is 0 Å². The highest BCUT2D eigenvalue weighted by molar-refractivity contribution is 5.96. The van der Waals surface area contributed by atoms with Crippen molar-refractivity contribution in [3.8, 4) is 0 Å². The van der Waals surface area contributed by atoms with Crippen molar-refractivity contribution < 1.29 is 5.21 Å². The zero-order valence-electron chi connectivity index (χ0n) is 8.69. The Morgan fingerprint density at radius 3 is 2.53 bits per heavy atom. The zero-order chi connectivity index (χ0) is 10.7. The fourth-order valence-corrected chi connectivity index (χ4v) is 1.68. The van der Waals surface area contributed by atoms with Gasteiger partial charge in [-0.2, -0.15) is 0 Å². The molecule has 0 bridgehead atoms. The predicted molar refractivity (Wildman–Crippen MR) is 60.0 cm³/mol. The second-order valence-electron chi connectivity index (χ2n) is 4.16. The molecule has 0 unspecified atom stereocenters. The quantitative estimate of drug-likeness (QED) is 0.341. The molecule has 0 aromatic heterocycles. The molecule has 0 aliphatic heterocycles. The van der Waals surface area contributed by atoms with Crippen molar-refractivity contribution in [2.45, 2.75) is 25.7 Å². The van der Waals surface area contributed by atoms with E-state index in [1.807, 2.05) is 12.1 Å². The van der Waals surface area contributed by atoms with E-state index in [4.69, 9.17) is 10.9 Å². The molecule has 1 aromatic carbocycles. The molecule has 2 rings (SSSR count). The topological polar surface area (TPSA) is 58.6 Å². The van der Waals surface area contributed by atoms with Crippen LogP contribution in [0.2, 0.25) is 0 Å². The van der Waals surface area contributed by atoms with Crippen molar-refractivity contribution in [2.24, 2.45) is 16.8 Å². The molecule has 3 nitrogen and oxygen atoms in total. The number of rotatable bonds is 4. The minimum atomic E-state index is 0.170. The van der Waals surface area contributed by atoms with Gasteiger partial charge in [0.05, 0.1) is 0 Å². The molecule has 3 heteroatoms. The highest BCUT2D eigenvalue weighted by Crippen LogP contribution is 2.33. The van der Waals surface area contributed by atoms with Gasteiger partial charge in [0, 0.05) is 5.56 Å². The summed E-state index contributed by atoms with van der Waals surface area (Å²) in [4.78, 5) is 0. The van der Waals surface area contributed by atoms with Crippen LogP contribution in [-0.4, -0.2) is 11.0 Å². The van der Waals surface area contributed by atoms with E-state index in [0.717, 1.165) is 17.9 Å². The fourth-order valence-electron chi connectivity index (χ4n) is 1.68. The molecule has 1 aromatic rings. The van der Waals surface area contributed by atoms with Crippen LogP contribution in [-0.2, 0) is 6.42 Å². The van der Waals surface area contributed by atoms with Gasteiger partial charge in [0.15, 0.2) is 5.84 Å². The molecule has 0 saturated heterocycles. The molecule has 0 heterocycles. The molecule has 3 N–H and O–H groups in total. The van der Waals surface area contributed by atoms with Crippen molar-refractivity contribution in [1.82, 2.24) is 0 Å². The van der Waals surface area contributed by atoms with Crippen LogP contribution in [0.1, 0.15) is 30.4 Å². The van der Waals surface area contributed by atoms with Crippen molar-refractivity contribution in [3.63, 3.8) is 0 Å². The van der Waals surface area contributed by atoms with Crippen LogP contribution in [0.3, 0.4) is 0 Å². The van der Waals surface area contributed by atoms with E-state index in [1.54, 1.807) is 0 Å². The summed E-state index contributed by atoms with van der Waals surface area (Å²) in [5, 5.41) is 11.5. The third-order valence-corrected chi connectivity index (χ3v) is 2.90. The fraction of sp³-hybridized carbons (Fsp3) is 0.417. The number of benzene rings is 1. The van der Waals surface area contributed by atoms with Crippen molar-refractivity contribution >= 4 is 5.84 Å². The van der Waals surface area contributed by atoms with Crippen molar-refractivity contribution in [1.29, 1.82) is 0 Å². The van der Waals surface area contributed by atoms with Gasteiger partial charge >= 0.3 is 0 Å². The Morgan fingerprint density at radius 2 is 2.00 bits per heavy atom. The van der Waals surface area contributed by atoms with Gasteiger partial charge < -0.3 is 10.9 Å². The van der Waals surface area contributed by atoms with E-state index in [2.05, 4.69) is 17.3 Å². The van der Waals surface area contributed by atoms with Crippen LogP contribution < -0.4 is 5.73 Å². The number of nitrogens with zero attached hydrogens (tertiary/aromatic N) is 1. The number of hydrogen-bond donors (Lipinski definition) is 2. The molecular weight excluding hydrogens is 188 g/mol. The first-order valence-electron chi connectivity index (χ1n) is 5.36. The molecule has 0 radical (unpaired) electrons. The number of oxime groups is 1. The lowest BCUT2D eigenvalue weighted by Crippen LogP contribution is -2.12. The van der Waals surface area contributed by atoms with E-state index in [1.165, 1.54) is 24.8 Å². The largest absolute Gasteiger partial charge is 0.409 e. The minimum Gasteiger partial charge on any atom is -0.409 e. The SMILES string of the molecule is NC(=NO)c1ccc(CCC2CC2)cc1. The molecule has 0 amide bonds. The number of hydrogen-bond acceptors (Lipinski definition) is 2. The van der Waals surface area contributed by atoms with Crippen LogP contribution in [0, 0.1) is 5.92 Å². The predicted octanol–water partition coefficient (Wildman–Crippen LogP) is 2.12. The summed E-state index contributed by atoms with van der Waals surface area (Å²) >= 11 is 0. The standard InChI is InChI=1S/C12H16N2O/c13-12(14-15)11-7-5-10(6-8-11)4-3-9-1-2-9/h5-9,15H,1-4H2,(H2,13,14). The molecule has 1 aliphatic carbocycles. The number of aryl methyl sites for hydroxylation is 1. The van der Waals surface area contributed by atoms with Gasteiger partial charge in [-0.15, -0.1) is 0 Å². The first-order chi connectivity index (χ1) is 7.29. The summed E-state index contributed by atoms with van der Waals surface area (Å²) < 4.78 is 0. The molecular formula is C12H16N2O. The molecule has 1 fully saturated rings. The Balaban J connectivity index is 1.96. The first-order valence-corrected chi connectivity index (χ1v) is 5.36. The van der Waals surface area contributed by atoms with E-state index < -0.39 is 0 Å². The lowest BCUT2D eigenvalue weighted by atomic mass is 10.1. The van der Waals surface area contributed by atoms with Crippen LogP contribution >= 0.6 is 0 Å². The lowest BCUT2D eigenvalue weighted by Gasteiger charge is -2.02. The summed E-state index contributed by atoms with van der Waals surface area (Å²) in [6.45, 7) is 0. The third-order valence-electron chi connectivity index (χ3n) is 2.90. The Kier molecular flexibility index (Phi) is 2.90. The maximum Gasteiger partial charge on any atom is 0.170 e.